The smallest absolute Gasteiger partial charge is 0.410 e. The van der Waals surface area contributed by atoms with Crippen molar-refractivity contribution in [2.45, 2.75) is 73.6 Å². The van der Waals surface area contributed by atoms with Gasteiger partial charge in [0.15, 0.2) is 0 Å². The van der Waals surface area contributed by atoms with Gasteiger partial charge in [-0.3, -0.25) is 0 Å². The van der Waals surface area contributed by atoms with Crippen molar-refractivity contribution in [1.82, 2.24) is 9.21 Å². The molecule has 0 radical (unpaired) electrons. The summed E-state index contributed by atoms with van der Waals surface area (Å²) in [6, 6.07) is 9.29. The van der Waals surface area contributed by atoms with E-state index in [-0.39, 0.29) is 11.4 Å². The van der Waals surface area contributed by atoms with E-state index in [2.05, 4.69) is 0 Å². The van der Waals surface area contributed by atoms with Gasteiger partial charge in [0, 0.05) is 13.1 Å². The first-order chi connectivity index (χ1) is 17.2. The molecule has 2 aliphatic heterocycles. The van der Waals surface area contributed by atoms with Crippen LogP contribution in [0.15, 0.2) is 53.4 Å². The third-order valence-electron chi connectivity index (χ3n) is 7.47. The second-order valence-corrected chi connectivity index (χ2v) is 11.8. The van der Waals surface area contributed by atoms with Gasteiger partial charge < -0.3 is 14.7 Å². The van der Waals surface area contributed by atoms with Crippen molar-refractivity contribution in [3.05, 3.63) is 65.7 Å². The Morgan fingerprint density at radius 2 is 1.72 bits per heavy atom. The molecule has 1 unspecified atom stereocenters. The van der Waals surface area contributed by atoms with E-state index in [4.69, 9.17) is 4.74 Å². The summed E-state index contributed by atoms with van der Waals surface area (Å²) >= 11 is 0. The monoisotopic (exact) mass is 520 g/mol. The summed E-state index contributed by atoms with van der Waals surface area (Å²) < 4.78 is 63.6. The largest absolute Gasteiger partial charge is 0.441 e. The molecule has 2 saturated heterocycles. The molecule has 0 bridgehead atoms. The summed E-state index contributed by atoms with van der Waals surface area (Å²) in [7, 11) is -4.23. The van der Waals surface area contributed by atoms with Crippen LogP contribution >= 0.6 is 0 Å². The molecule has 10 heteroatoms. The van der Waals surface area contributed by atoms with Crippen LogP contribution in [0.1, 0.15) is 56.6 Å². The Kier molecular flexibility index (Phi) is 6.78. The number of carbonyl (C=O) groups excluding carboxylic acids is 1. The van der Waals surface area contributed by atoms with Crippen LogP contribution in [0.5, 0.6) is 0 Å². The van der Waals surface area contributed by atoms with Crippen LogP contribution in [0.3, 0.4) is 0 Å². The van der Waals surface area contributed by atoms with Gasteiger partial charge in [-0.25, -0.2) is 22.0 Å². The quantitative estimate of drug-likeness (QED) is 0.633. The summed E-state index contributed by atoms with van der Waals surface area (Å²) in [5.41, 5.74) is -0.521. The first-order valence-corrected chi connectivity index (χ1v) is 13.8. The number of carbonyl (C=O) groups is 1. The second-order valence-electron chi connectivity index (χ2n) is 9.98. The number of benzene rings is 2. The number of nitrogens with zero attached hydrogens (tertiary/aromatic N) is 2. The fourth-order valence-corrected chi connectivity index (χ4v) is 7.52. The van der Waals surface area contributed by atoms with E-state index in [1.54, 1.807) is 6.07 Å². The highest BCUT2D eigenvalue weighted by Crippen LogP contribution is 2.52. The SMILES string of the molecule is O=C(OC1([C@H]2CCC[C@@H](c3cccc(F)c3)N2S(=O)(=O)c2cccc(F)c2)CC1)N1CCCC(O)C1. The van der Waals surface area contributed by atoms with Crippen LogP contribution in [-0.2, 0) is 14.8 Å². The van der Waals surface area contributed by atoms with E-state index in [0.717, 1.165) is 6.07 Å². The number of rotatable bonds is 5. The number of ether oxygens (including phenoxy) is 1. The zero-order valence-electron chi connectivity index (χ0n) is 19.9. The molecule has 5 rings (SSSR count). The van der Waals surface area contributed by atoms with E-state index in [1.807, 2.05) is 0 Å². The minimum atomic E-state index is -4.23. The topological polar surface area (TPSA) is 87.2 Å². The zero-order chi connectivity index (χ0) is 25.5. The number of aliphatic hydroxyl groups is 1. The van der Waals surface area contributed by atoms with Crippen LogP contribution in [0.4, 0.5) is 13.6 Å². The molecule has 1 aliphatic carbocycles. The van der Waals surface area contributed by atoms with Gasteiger partial charge in [-0.1, -0.05) is 18.2 Å². The van der Waals surface area contributed by atoms with Crippen molar-refractivity contribution >= 4 is 16.1 Å². The molecule has 2 aromatic rings. The Hall–Kier alpha value is -2.56. The number of likely N-dealkylation sites (tertiary alicyclic amines) is 1. The summed E-state index contributed by atoms with van der Waals surface area (Å²) in [6.45, 7) is 0.644. The summed E-state index contributed by atoms with van der Waals surface area (Å²) in [6.07, 6.45) is 2.65. The molecule has 0 aromatic heterocycles. The lowest BCUT2D eigenvalue weighted by molar-refractivity contribution is -0.0194. The Labute approximate surface area is 209 Å². The van der Waals surface area contributed by atoms with Crippen LogP contribution in [0.2, 0.25) is 0 Å². The van der Waals surface area contributed by atoms with Gasteiger partial charge >= 0.3 is 6.09 Å². The Morgan fingerprint density at radius 3 is 2.39 bits per heavy atom. The van der Waals surface area contributed by atoms with Crippen molar-refractivity contribution in [2.75, 3.05) is 13.1 Å². The maximum absolute atomic E-state index is 14.2. The maximum atomic E-state index is 14.2. The van der Waals surface area contributed by atoms with E-state index in [1.165, 1.54) is 45.6 Å². The van der Waals surface area contributed by atoms with Gasteiger partial charge in [-0.2, -0.15) is 4.31 Å². The van der Waals surface area contributed by atoms with Gasteiger partial charge in [0.25, 0.3) is 0 Å². The summed E-state index contributed by atoms with van der Waals surface area (Å²) in [4.78, 5) is 14.3. The Morgan fingerprint density at radius 1 is 1.00 bits per heavy atom. The number of halogens is 2. The van der Waals surface area contributed by atoms with Gasteiger partial charge in [0.05, 0.1) is 23.1 Å². The number of β-amino-alcohol motifs (C(OH)–C–C–N with tert-alkyl or cyclic N) is 1. The molecule has 1 amide bonds. The zero-order valence-corrected chi connectivity index (χ0v) is 20.7. The van der Waals surface area contributed by atoms with Crippen LogP contribution in [-0.4, -0.2) is 59.7 Å². The van der Waals surface area contributed by atoms with Crippen LogP contribution in [0.25, 0.3) is 0 Å². The molecule has 3 fully saturated rings. The van der Waals surface area contributed by atoms with Crippen molar-refractivity contribution in [2.24, 2.45) is 0 Å². The maximum Gasteiger partial charge on any atom is 0.410 e. The summed E-state index contributed by atoms with van der Waals surface area (Å²) in [5.74, 6) is -1.16. The normalized spacial score (nSPS) is 26.4. The molecule has 3 aliphatic rings. The fourth-order valence-electron chi connectivity index (χ4n) is 5.57. The Bertz CT molecular complexity index is 1240. The number of piperidine rings is 2. The number of sulfonamides is 1. The molecule has 1 saturated carbocycles. The number of aliphatic hydroxyl groups excluding tert-OH is 1. The molecular formula is C26H30F2N2O5S. The van der Waals surface area contributed by atoms with Crippen LogP contribution < -0.4 is 0 Å². The lowest BCUT2D eigenvalue weighted by atomic mass is 9.90. The van der Waals surface area contributed by atoms with Crippen molar-refractivity contribution < 1.29 is 31.8 Å². The van der Waals surface area contributed by atoms with E-state index < -0.39 is 51.5 Å². The standard InChI is InChI=1S/C26H30F2N2O5S/c27-19-6-1-5-18(15-19)23-10-3-11-24(30(23)36(33,34)22-9-2-7-20(28)16-22)26(12-13-26)35-25(32)29-14-4-8-21(31)17-29/h1-2,5-7,9,15-16,21,23-24,31H,3-4,8,10-14,17H2/t21?,23-,24+/m0/s1. The van der Waals surface area contributed by atoms with Crippen molar-refractivity contribution in [1.29, 1.82) is 0 Å². The molecule has 36 heavy (non-hydrogen) atoms. The van der Waals surface area contributed by atoms with E-state index in [0.29, 0.717) is 57.1 Å². The molecule has 194 valence electrons. The van der Waals surface area contributed by atoms with Crippen molar-refractivity contribution in [3.8, 4) is 0 Å². The first-order valence-electron chi connectivity index (χ1n) is 12.4. The average Bonchev–Trinajstić information content (AvgIpc) is 3.64. The highest BCUT2D eigenvalue weighted by atomic mass is 32.2. The fraction of sp³-hybridized carbons (Fsp3) is 0.500. The lowest BCUT2D eigenvalue weighted by Crippen LogP contribution is -2.54. The minimum Gasteiger partial charge on any atom is -0.441 e. The number of hydrogen-bond acceptors (Lipinski definition) is 5. The number of hydrogen-bond donors (Lipinski definition) is 1. The third-order valence-corrected chi connectivity index (χ3v) is 9.38. The molecule has 1 N–H and O–H groups in total. The highest BCUT2D eigenvalue weighted by molar-refractivity contribution is 7.89. The van der Waals surface area contributed by atoms with E-state index in [9.17, 15) is 27.1 Å². The van der Waals surface area contributed by atoms with Crippen molar-refractivity contribution in [3.63, 3.8) is 0 Å². The molecule has 7 nitrogen and oxygen atoms in total. The molecule has 2 heterocycles. The summed E-state index contributed by atoms with van der Waals surface area (Å²) in [5, 5.41) is 9.97. The minimum absolute atomic E-state index is 0.177. The second kappa shape index (κ2) is 9.72. The average molecular weight is 521 g/mol. The van der Waals surface area contributed by atoms with Gasteiger partial charge in [-0.15, -0.1) is 0 Å². The molecular weight excluding hydrogens is 490 g/mol. The Balaban J connectivity index is 1.52. The van der Waals surface area contributed by atoms with Gasteiger partial charge in [0.2, 0.25) is 10.0 Å². The molecule has 3 atom stereocenters. The predicted octanol–water partition coefficient (Wildman–Crippen LogP) is 4.38. The molecule has 2 aromatic carbocycles. The lowest BCUT2D eigenvalue weighted by Gasteiger charge is -2.45. The molecule has 0 spiro atoms. The first kappa shape index (κ1) is 25.1. The third kappa shape index (κ3) is 4.86. The van der Waals surface area contributed by atoms with Gasteiger partial charge in [0.1, 0.15) is 17.2 Å². The highest BCUT2D eigenvalue weighted by Gasteiger charge is 2.60. The van der Waals surface area contributed by atoms with Gasteiger partial charge in [-0.05, 0) is 80.8 Å². The predicted molar refractivity (Wildman–Crippen MR) is 127 cm³/mol. The van der Waals surface area contributed by atoms with E-state index >= 15 is 0 Å². The van der Waals surface area contributed by atoms with Crippen LogP contribution in [0, 0.1) is 11.6 Å². The number of amides is 1.